The highest BCUT2D eigenvalue weighted by molar-refractivity contribution is 7.10. The molecule has 2 aromatic heterocycles. The van der Waals surface area contributed by atoms with Crippen LogP contribution in [0.15, 0.2) is 23.6 Å². The number of aromatic nitrogens is 2. The Kier molecular flexibility index (Phi) is 3.61. The Labute approximate surface area is 120 Å². The van der Waals surface area contributed by atoms with E-state index in [0.717, 1.165) is 6.42 Å². The summed E-state index contributed by atoms with van der Waals surface area (Å²) in [6.07, 6.45) is 1.02. The maximum Gasteiger partial charge on any atom is 0.0680 e. The quantitative estimate of drug-likeness (QED) is 0.817. The van der Waals surface area contributed by atoms with E-state index in [1.165, 1.54) is 16.3 Å². The Morgan fingerprint density at radius 1 is 1.21 bits per heavy atom. The summed E-state index contributed by atoms with van der Waals surface area (Å²) in [4.78, 5) is 1.44. The molecule has 0 atom stereocenters. The third-order valence-corrected chi connectivity index (χ3v) is 4.79. The SMILES string of the molecule is Cn1nc(C(C)(C)C)cc1CC(C)(C)c1cccs1. The van der Waals surface area contributed by atoms with E-state index in [0.29, 0.717) is 0 Å². The minimum Gasteiger partial charge on any atom is -0.272 e. The molecule has 0 aliphatic carbocycles. The predicted molar refractivity (Wildman–Crippen MR) is 83.0 cm³/mol. The summed E-state index contributed by atoms with van der Waals surface area (Å²) in [5.41, 5.74) is 2.76. The van der Waals surface area contributed by atoms with E-state index in [9.17, 15) is 0 Å². The second-order valence-electron chi connectivity index (χ2n) is 6.93. The van der Waals surface area contributed by atoms with Gasteiger partial charge >= 0.3 is 0 Å². The molecule has 0 saturated heterocycles. The summed E-state index contributed by atoms with van der Waals surface area (Å²) in [6.45, 7) is 11.3. The van der Waals surface area contributed by atoms with Crippen LogP contribution < -0.4 is 0 Å². The van der Waals surface area contributed by atoms with E-state index in [2.05, 4.69) is 70.3 Å². The molecule has 2 nitrogen and oxygen atoms in total. The number of nitrogens with zero attached hydrogens (tertiary/aromatic N) is 2. The normalized spacial score (nSPS) is 12.9. The van der Waals surface area contributed by atoms with E-state index in [1.807, 2.05) is 16.0 Å². The van der Waals surface area contributed by atoms with Gasteiger partial charge in [0.1, 0.15) is 0 Å². The van der Waals surface area contributed by atoms with Crippen molar-refractivity contribution >= 4 is 11.3 Å². The van der Waals surface area contributed by atoms with Crippen LogP contribution in [0.3, 0.4) is 0 Å². The summed E-state index contributed by atoms with van der Waals surface area (Å²) in [6, 6.07) is 6.62. The maximum atomic E-state index is 4.67. The first-order valence-corrected chi connectivity index (χ1v) is 7.65. The van der Waals surface area contributed by atoms with Crippen LogP contribution in [0.2, 0.25) is 0 Å². The molecule has 2 rings (SSSR count). The molecule has 2 aromatic rings. The third kappa shape index (κ3) is 3.08. The molecule has 3 heteroatoms. The minimum atomic E-state index is 0.114. The summed E-state index contributed by atoms with van der Waals surface area (Å²) < 4.78 is 2.04. The van der Waals surface area contributed by atoms with Crippen molar-refractivity contribution in [3.63, 3.8) is 0 Å². The van der Waals surface area contributed by atoms with Gasteiger partial charge in [0.2, 0.25) is 0 Å². The van der Waals surface area contributed by atoms with Gasteiger partial charge in [0.15, 0.2) is 0 Å². The molecule has 0 saturated carbocycles. The lowest BCUT2D eigenvalue weighted by Crippen LogP contribution is -2.20. The lowest BCUT2D eigenvalue weighted by atomic mass is 9.85. The number of hydrogen-bond donors (Lipinski definition) is 0. The summed E-state index contributed by atoms with van der Waals surface area (Å²) in [5, 5.41) is 6.82. The first kappa shape index (κ1) is 14.3. The first-order chi connectivity index (χ1) is 8.70. The third-order valence-electron chi connectivity index (χ3n) is 3.56. The molecule has 0 fully saturated rings. The number of aryl methyl sites for hydroxylation is 1. The van der Waals surface area contributed by atoms with Gasteiger partial charge in [-0.15, -0.1) is 11.3 Å². The van der Waals surface area contributed by atoms with Crippen molar-refractivity contribution in [1.29, 1.82) is 0 Å². The summed E-state index contributed by atoms with van der Waals surface area (Å²) in [7, 11) is 2.05. The van der Waals surface area contributed by atoms with Gasteiger partial charge in [-0.2, -0.15) is 5.10 Å². The number of thiophene rings is 1. The Morgan fingerprint density at radius 2 is 1.89 bits per heavy atom. The molecule has 0 aliphatic heterocycles. The van der Waals surface area contributed by atoms with Crippen molar-refractivity contribution in [3.05, 3.63) is 39.8 Å². The molecule has 0 radical (unpaired) electrons. The zero-order chi connectivity index (χ0) is 14.3. The van der Waals surface area contributed by atoms with Crippen LogP contribution in [-0.4, -0.2) is 9.78 Å². The topological polar surface area (TPSA) is 17.8 Å². The van der Waals surface area contributed by atoms with E-state index in [-0.39, 0.29) is 10.8 Å². The van der Waals surface area contributed by atoms with Crippen LogP contribution >= 0.6 is 11.3 Å². The molecule has 0 aromatic carbocycles. The zero-order valence-electron chi connectivity index (χ0n) is 12.8. The molecular weight excluding hydrogens is 252 g/mol. The molecule has 0 amide bonds. The monoisotopic (exact) mass is 276 g/mol. The minimum absolute atomic E-state index is 0.114. The van der Waals surface area contributed by atoms with Crippen molar-refractivity contribution in [3.8, 4) is 0 Å². The highest BCUT2D eigenvalue weighted by Gasteiger charge is 2.26. The zero-order valence-corrected chi connectivity index (χ0v) is 13.6. The molecule has 0 unspecified atom stereocenters. The van der Waals surface area contributed by atoms with E-state index < -0.39 is 0 Å². The molecule has 0 bridgehead atoms. The second-order valence-corrected chi connectivity index (χ2v) is 7.88. The van der Waals surface area contributed by atoms with Gasteiger partial charge in [-0.1, -0.05) is 40.7 Å². The molecular formula is C16H24N2S. The standard InChI is InChI=1S/C16H24N2S/c1-15(2,3)13-10-12(18(6)17-13)11-16(4,5)14-8-7-9-19-14/h7-10H,11H2,1-6H3. The van der Waals surface area contributed by atoms with Crippen molar-refractivity contribution in [1.82, 2.24) is 9.78 Å². The molecule has 0 spiro atoms. The van der Waals surface area contributed by atoms with Gasteiger partial charge < -0.3 is 0 Å². The maximum absolute atomic E-state index is 4.67. The van der Waals surface area contributed by atoms with Crippen LogP contribution in [0, 0.1) is 0 Å². The van der Waals surface area contributed by atoms with Crippen molar-refractivity contribution in [2.45, 2.75) is 51.9 Å². The Hall–Kier alpha value is -1.09. The summed E-state index contributed by atoms with van der Waals surface area (Å²) >= 11 is 1.84. The largest absolute Gasteiger partial charge is 0.272 e. The van der Waals surface area contributed by atoms with Crippen LogP contribution in [0.25, 0.3) is 0 Å². The van der Waals surface area contributed by atoms with Crippen LogP contribution in [0.5, 0.6) is 0 Å². The fourth-order valence-corrected chi connectivity index (χ4v) is 3.09. The van der Waals surface area contributed by atoms with Gasteiger partial charge in [-0.25, -0.2) is 0 Å². The highest BCUT2D eigenvalue weighted by atomic mass is 32.1. The predicted octanol–water partition coefficient (Wildman–Crippen LogP) is 4.30. The lowest BCUT2D eigenvalue weighted by molar-refractivity contribution is 0.505. The average Bonchev–Trinajstić information content (AvgIpc) is 2.87. The van der Waals surface area contributed by atoms with Crippen molar-refractivity contribution in [2.24, 2.45) is 7.05 Å². The second kappa shape index (κ2) is 4.78. The fourth-order valence-electron chi connectivity index (χ4n) is 2.24. The smallest absolute Gasteiger partial charge is 0.0680 e. The van der Waals surface area contributed by atoms with E-state index in [4.69, 9.17) is 0 Å². The first-order valence-electron chi connectivity index (χ1n) is 6.77. The van der Waals surface area contributed by atoms with E-state index >= 15 is 0 Å². The van der Waals surface area contributed by atoms with E-state index in [1.54, 1.807) is 0 Å². The Morgan fingerprint density at radius 3 is 2.37 bits per heavy atom. The fraction of sp³-hybridized carbons (Fsp3) is 0.562. The van der Waals surface area contributed by atoms with Gasteiger partial charge in [0.05, 0.1) is 5.69 Å². The van der Waals surface area contributed by atoms with Gasteiger partial charge in [0, 0.05) is 28.4 Å². The highest BCUT2D eigenvalue weighted by Crippen LogP contribution is 2.32. The van der Waals surface area contributed by atoms with Crippen molar-refractivity contribution in [2.75, 3.05) is 0 Å². The number of rotatable bonds is 3. The average molecular weight is 276 g/mol. The molecule has 104 valence electrons. The summed E-state index contributed by atoms with van der Waals surface area (Å²) in [5.74, 6) is 0. The Bertz CT molecular complexity index is 542. The molecule has 0 aliphatic rings. The molecule has 2 heterocycles. The van der Waals surface area contributed by atoms with Crippen LogP contribution in [-0.2, 0) is 24.3 Å². The van der Waals surface area contributed by atoms with Crippen LogP contribution in [0.4, 0.5) is 0 Å². The van der Waals surface area contributed by atoms with Gasteiger partial charge in [-0.05, 0) is 23.9 Å². The number of hydrogen-bond acceptors (Lipinski definition) is 2. The van der Waals surface area contributed by atoms with Gasteiger partial charge in [0.25, 0.3) is 0 Å². The molecule has 0 N–H and O–H groups in total. The molecule has 19 heavy (non-hydrogen) atoms. The van der Waals surface area contributed by atoms with Gasteiger partial charge in [-0.3, -0.25) is 4.68 Å². The van der Waals surface area contributed by atoms with Crippen molar-refractivity contribution < 1.29 is 0 Å². The lowest BCUT2D eigenvalue weighted by Gasteiger charge is -2.23. The van der Waals surface area contributed by atoms with Crippen LogP contribution in [0.1, 0.15) is 50.9 Å². The Balaban J connectivity index is 2.27.